The number of ketones is 2. The predicted molar refractivity (Wildman–Crippen MR) is 76.3 cm³/mol. The van der Waals surface area contributed by atoms with Gasteiger partial charge in [-0.1, -0.05) is 15.9 Å². The highest BCUT2D eigenvalue weighted by molar-refractivity contribution is 9.10. The van der Waals surface area contributed by atoms with Gasteiger partial charge in [-0.05, 0) is 30.2 Å². The molecule has 1 aromatic carbocycles. The monoisotopic (exact) mass is 335 g/mol. The van der Waals surface area contributed by atoms with E-state index < -0.39 is 6.04 Å². The van der Waals surface area contributed by atoms with Crippen LogP contribution in [0.2, 0.25) is 0 Å². The van der Waals surface area contributed by atoms with Crippen LogP contribution in [0.5, 0.6) is 0 Å². The minimum Gasteiger partial charge on any atom is -0.324 e. The summed E-state index contributed by atoms with van der Waals surface area (Å²) < 4.78 is 0.924. The number of halogens is 1. The molecule has 4 nitrogen and oxygen atoms in total. The van der Waals surface area contributed by atoms with Crippen LogP contribution < -0.4 is 0 Å². The average Bonchev–Trinajstić information content (AvgIpc) is 2.63. The summed E-state index contributed by atoms with van der Waals surface area (Å²) in [5, 5.41) is 0. The van der Waals surface area contributed by atoms with E-state index in [9.17, 15) is 14.4 Å². The Morgan fingerprint density at radius 1 is 1.10 bits per heavy atom. The quantitative estimate of drug-likeness (QED) is 0.741. The molecule has 5 heteroatoms. The summed E-state index contributed by atoms with van der Waals surface area (Å²) in [6, 6.07) is 5.09. The molecule has 1 unspecified atom stereocenters. The molecule has 0 radical (unpaired) electrons. The second kappa shape index (κ2) is 5.13. The maximum absolute atomic E-state index is 12.4. The summed E-state index contributed by atoms with van der Waals surface area (Å²) in [7, 11) is 0. The Hall–Kier alpha value is -1.49. The van der Waals surface area contributed by atoms with E-state index in [4.69, 9.17) is 0 Å². The molecule has 0 N–H and O–H groups in total. The lowest BCUT2D eigenvalue weighted by atomic mass is 10.1. The Morgan fingerprint density at radius 2 is 1.90 bits per heavy atom. The summed E-state index contributed by atoms with van der Waals surface area (Å²) in [6.45, 7) is 0.457. The molecule has 20 heavy (non-hydrogen) atoms. The van der Waals surface area contributed by atoms with Gasteiger partial charge in [0.1, 0.15) is 5.78 Å². The van der Waals surface area contributed by atoms with Crippen molar-refractivity contribution in [3.63, 3.8) is 0 Å². The zero-order valence-corrected chi connectivity index (χ0v) is 12.5. The van der Waals surface area contributed by atoms with Gasteiger partial charge in [-0.2, -0.15) is 0 Å². The maximum Gasteiger partial charge on any atom is 0.255 e. The van der Waals surface area contributed by atoms with Crippen LogP contribution in [0.25, 0.3) is 0 Å². The van der Waals surface area contributed by atoms with Gasteiger partial charge in [0.2, 0.25) is 0 Å². The largest absolute Gasteiger partial charge is 0.324 e. The number of carbonyl (C=O) groups excluding carboxylic acids is 3. The van der Waals surface area contributed by atoms with E-state index in [0.717, 1.165) is 10.0 Å². The third kappa shape index (κ3) is 2.30. The molecule has 1 fully saturated rings. The number of hydrogen-bond donors (Lipinski definition) is 0. The molecule has 0 saturated heterocycles. The smallest absolute Gasteiger partial charge is 0.255 e. The third-order valence-electron chi connectivity index (χ3n) is 3.99. The lowest BCUT2D eigenvalue weighted by molar-refractivity contribution is -0.124. The second-order valence-corrected chi connectivity index (χ2v) is 6.21. The van der Waals surface area contributed by atoms with Crippen molar-refractivity contribution in [1.82, 2.24) is 4.90 Å². The SMILES string of the molecule is O=C1CCC(=O)C(N2Cc3cc(Br)ccc3C2=O)CC1. The van der Waals surface area contributed by atoms with Gasteiger partial charge in [-0.15, -0.1) is 0 Å². The van der Waals surface area contributed by atoms with Crippen molar-refractivity contribution in [3.8, 4) is 0 Å². The molecule has 1 aromatic rings. The number of fused-ring (bicyclic) bond motifs is 1. The fraction of sp³-hybridized carbons (Fsp3) is 0.400. The van der Waals surface area contributed by atoms with Gasteiger partial charge >= 0.3 is 0 Å². The molecule has 2 aliphatic rings. The van der Waals surface area contributed by atoms with Crippen LogP contribution in [0.1, 0.15) is 41.6 Å². The summed E-state index contributed by atoms with van der Waals surface area (Å²) in [5.41, 5.74) is 1.60. The van der Waals surface area contributed by atoms with Crippen molar-refractivity contribution in [1.29, 1.82) is 0 Å². The molecule has 0 bridgehead atoms. The molecule has 104 valence electrons. The number of hydrogen-bond acceptors (Lipinski definition) is 3. The van der Waals surface area contributed by atoms with Crippen molar-refractivity contribution in [2.75, 3.05) is 0 Å². The second-order valence-electron chi connectivity index (χ2n) is 5.29. The first-order valence-corrected chi connectivity index (χ1v) is 7.49. The number of Topliss-reactive ketones (excluding diaryl/α,β-unsaturated/α-hetero) is 2. The molecule has 1 aliphatic carbocycles. The van der Waals surface area contributed by atoms with E-state index >= 15 is 0 Å². The molecule has 1 aliphatic heterocycles. The van der Waals surface area contributed by atoms with Gasteiger partial charge in [0.15, 0.2) is 5.78 Å². The van der Waals surface area contributed by atoms with E-state index in [-0.39, 0.29) is 23.9 Å². The van der Waals surface area contributed by atoms with Crippen LogP contribution in [-0.4, -0.2) is 28.4 Å². The predicted octanol–water partition coefficient (Wildman–Crippen LogP) is 2.49. The van der Waals surface area contributed by atoms with Crippen LogP contribution in [0.3, 0.4) is 0 Å². The van der Waals surface area contributed by atoms with E-state index in [2.05, 4.69) is 15.9 Å². The molecule has 1 atom stereocenters. The van der Waals surface area contributed by atoms with E-state index in [1.165, 1.54) is 0 Å². The molecule has 3 rings (SSSR count). The third-order valence-corrected chi connectivity index (χ3v) is 4.49. The van der Waals surface area contributed by atoms with Gasteiger partial charge in [0.05, 0.1) is 6.04 Å². The van der Waals surface area contributed by atoms with Crippen molar-refractivity contribution < 1.29 is 14.4 Å². The highest BCUT2D eigenvalue weighted by Gasteiger charge is 2.37. The molecule has 1 heterocycles. The molecule has 0 aromatic heterocycles. The Morgan fingerprint density at radius 3 is 2.70 bits per heavy atom. The van der Waals surface area contributed by atoms with Crippen molar-refractivity contribution in [2.24, 2.45) is 0 Å². The normalized spacial score (nSPS) is 22.9. The summed E-state index contributed by atoms with van der Waals surface area (Å²) in [4.78, 5) is 37.7. The van der Waals surface area contributed by atoms with Gasteiger partial charge in [0, 0.05) is 35.8 Å². The summed E-state index contributed by atoms with van der Waals surface area (Å²) in [5.74, 6) is 0.0315. The number of carbonyl (C=O) groups is 3. The molecule has 1 amide bonds. The number of nitrogens with zero attached hydrogens (tertiary/aromatic N) is 1. The fourth-order valence-corrected chi connectivity index (χ4v) is 3.31. The fourth-order valence-electron chi connectivity index (χ4n) is 2.91. The topological polar surface area (TPSA) is 54.5 Å². The van der Waals surface area contributed by atoms with Crippen LogP contribution in [0.15, 0.2) is 22.7 Å². The zero-order chi connectivity index (χ0) is 14.3. The molecular weight excluding hydrogens is 322 g/mol. The first-order valence-electron chi connectivity index (χ1n) is 6.70. The standard InChI is InChI=1S/C15H14BrNO3/c16-10-1-4-12-9(7-10)8-17(15(12)20)13-5-2-11(18)3-6-14(13)19/h1,4,7,13H,2-3,5-6,8H2. The molecular formula is C15H14BrNO3. The van der Waals surface area contributed by atoms with E-state index in [1.54, 1.807) is 11.0 Å². The van der Waals surface area contributed by atoms with Gasteiger partial charge in [-0.25, -0.2) is 0 Å². The molecule has 0 spiro atoms. The van der Waals surface area contributed by atoms with E-state index in [1.807, 2.05) is 12.1 Å². The van der Waals surface area contributed by atoms with Crippen molar-refractivity contribution >= 4 is 33.4 Å². The highest BCUT2D eigenvalue weighted by Crippen LogP contribution is 2.30. The van der Waals surface area contributed by atoms with Gasteiger partial charge in [-0.3, -0.25) is 14.4 Å². The lowest BCUT2D eigenvalue weighted by Crippen LogP contribution is -2.40. The van der Waals surface area contributed by atoms with E-state index in [0.29, 0.717) is 31.4 Å². The molecule has 1 saturated carbocycles. The first-order chi connectivity index (χ1) is 9.56. The summed E-state index contributed by atoms with van der Waals surface area (Å²) >= 11 is 3.39. The van der Waals surface area contributed by atoms with Crippen LogP contribution >= 0.6 is 15.9 Å². The number of amides is 1. The maximum atomic E-state index is 12.4. The Kier molecular flexibility index (Phi) is 3.46. The van der Waals surface area contributed by atoms with Crippen LogP contribution in [0.4, 0.5) is 0 Å². The minimum absolute atomic E-state index is 0.0103. The Balaban J connectivity index is 1.87. The first kappa shape index (κ1) is 13.5. The van der Waals surface area contributed by atoms with Crippen molar-refractivity contribution in [2.45, 2.75) is 38.3 Å². The number of benzene rings is 1. The average molecular weight is 336 g/mol. The van der Waals surface area contributed by atoms with Gasteiger partial charge < -0.3 is 4.90 Å². The Labute approximate surface area is 125 Å². The number of rotatable bonds is 1. The highest BCUT2D eigenvalue weighted by atomic mass is 79.9. The lowest BCUT2D eigenvalue weighted by Gasteiger charge is -2.25. The van der Waals surface area contributed by atoms with Crippen LogP contribution in [-0.2, 0) is 16.1 Å². The minimum atomic E-state index is -0.444. The summed E-state index contributed by atoms with van der Waals surface area (Å²) in [6.07, 6.45) is 1.42. The van der Waals surface area contributed by atoms with Crippen molar-refractivity contribution in [3.05, 3.63) is 33.8 Å². The van der Waals surface area contributed by atoms with Gasteiger partial charge in [0.25, 0.3) is 5.91 Å². The Bertz CT molecular complexity index is 611. The van der Waals surface area contributed by atoms with Crippen LogP contribution in [0, 0.1) is 0 Å². The zero-order valence-electron chi connectivity index (χ0n) is 10.9.